The second-order valence-electron chi connectivity index (χ2n) is 5.59. The average molecular weight is 255 g/mol. The quantitative estimate of drug-likeness (QED) is 0.749. The Labute approximate surface area is 112 Å². The zero-order valence-corrected chi connectivity index (χ0v) is 12.6. The largest absolute Gasteiger partial charge is 0.325 e. The van der Waals surface area contributed by atoms with E-state index >= 15 is 0 Å². The van der Waals surface area contributed by atoms with Gasteiger partial charge in [0.1, 0.15) is 0 Å². The molecule has 0 saturated carbocycles. The Morgan fingerprint density at radius 3 is 2.44 bits per heavy atom. The lowest BCUT2D eigenvalue weighted by atomic mass is 10.1. The molecule has 4 nitrogen and oxygen atoms in total. The Morgan fingerprint density at radius 1 is 1.33 bits per heavy atom. The average Bonchev–Trinajstić information content (AvgIpc) is 2.56. The first-order chi connectivity index (χ1) is 8.49. The lowest BCUT2D eigenvalue weighted by Crippen LogP contribution is -2.43. The Hall–Kier alpha value is -0.610. The number of likely N-dealkylation sites (N-methyl/N-ethyl adjacent to an activating group) is 1. The molecule has 0 aromatic rings. The van der Waals surface area contributed by atoms with E-state index in [2.05, 4.69) is 37.9 Å². The molecule has 0 aromatic carbocycles. The summed E-state index contributed by atoms with van der Waals surface area (Å²) in [7, 11) is 0. The van der Waals surface area contributed by atoms with E-state index < -0.39 is 0 Å². The van der Waals surface area contributed by atoms with Crippen molar-refractivity contribution in [3.05, 3.63) is 0 Å². The van der Waals surface area contributed by atoms with Gasteiger partial charge in [-0.25, -0.2) is 0 Å². The van der Waals surface area contributed by atoms with Crippen molar-refractivity contribution in [2.75, 3.05) is 26.2 Å². The Morgan fingerprint density at radius 2 is 1.94 bits per heavy atom. The second-order valence-corrected chi connectivity index (χ2v) is 5.59. The molecule has 1 aliphatic rings. The van der Waals surface area contributed by atoms with Gasteiger partial charge in [-0.15, -0.1) is 0 Å². The Balaban J connectivity index is 2.55. The van der Waals surface area contributed by atoms with Crippen molar-refractivity contribution in [1.82, 2.24) is 15.1 Å². The van der Waals surface area contributed by atoms with Gasteiger partial charge in [-0.05, 0) is 32.4 Å². The topological polar surface area (TPSA) is 35.6 Å². The molecule has 2 atom stereocenters. The minimum atomic E-state index is -0.0227. The molecular formula is C14H29N3O. The molecule has 1 saturated heterocycles. The van der Waals surface area contributed by atoms with Gasteiger partial charge in [0.05, 0.1) is 12.2 Å². The van der Waals surface area contributed by atoms with Gasteiger partial charge in [0.2, 0.25) is 5.91 Å². The third-order valence-electron chi connectivity index (χ3n) is 3.72. The first-order valence-corrected chi connectivity index (χ1v) is 7.28. The molecule has 0 bridgehead atoms. The highest BCUT2D eigenvalue weighted by Crippen LogP contribution is 2.17. The fraction of sp³-hybridized carbons (Fsp3) is 0.929. The first kappa shape index (κ1) is 15.4. The van der Waals surface area contributed by atoms with E-state index in [0.717, 1.165) is 32.6 Å². The van der Waals surface area contributed by atoms with Gasteiger partial charge in [0.15, 0.2) is 0 Å². The number of amides is 1. The molecule has 2 unspecified atom stereocenters. The third-order valence-corrected chi connectivity index (χ3v) is 3.72. The standard InChI is InChI=1S/C14H29N3O/c1-6-16(7-2)8-9-17-13(10-11(3)4)15-12(5)14(17)18/h11-13,15H,6-10H2,1-5H3. The van der Waals surface area contributed by atoms with Crippen LogP contribution in [0, 0.1) is 5.92 Å². The molecule has 1 rings (SSSR count). The summed E-state index contributed by atoms with van der Waals surface area (Å²) in [5.74, 6) is 0.865. The zero-order chi connectivity index (χ0) is 13.7. The lowest BCUT2D eigenvalue weighted by molar-refractivity contribution is -0.130. The van der Waals surface area contributed by atoms with Crippen molar-refractivity contribution in [2.24, 2.45) is 5.92 Å². The number of nitrogens with one attached hydrogen (secondary N) is 1. The fourth-order valence-corrected chi connectivity index (χ4v) is 2.55. The molecule has 0 aromatic heterocycles. The molecule has 0 spiro atoms. The minimum absolute atomic E-state index is 0.0227. The van der Waals surface area contributed by atoms with Gasteiger partial charge in [-0.1, -0.05) is 27.7 Å². The highest BCUT2D eigenvalue weighted by atomic mass is 16.2. The summed E-state index contributed by atoms with van der Waals surface area (Å²) in [6, 6.07) is -0.0227. The van der Waals surface area contributed by atoms with E-state index in [1.165, 1.54) is 0 Å². The van der Waals surface area contributed by atoms with Crippen LogP contribution in [0.3, 0.4) is 0 Å². The predicted octanol–water partition coefficient (Wildman–Crippen LogP) is 1.52. The van der Waals surface area contributed by atoms with Crippen LogP contribution in [0.1, 0.15) is 41.0 Å². The molecule has 1 aliphatic heterocycles. The molecule has 0 aliphatic carbocycles. The van der Waals surface area contributed by atoms with Crippen LogP contribution in [-0.2, 0) is 4.79 Å². The van der Waals surface area contributed by atoms with E-state index in [9.17, 15) is 4.79 Å². The SMILES string of the molecule is CCN(CC)CCN1C(=O)C(C)NC1CC(C)C. The van der Waals surface area contributed by atoms with Crippen molar-refractivity contribution in [3.63, 3.8) is 0 Å². The minimum Gasteiger partial charge on any atom is -0.325 e. The molecule has 1 N–H and O–H groups in total. The lowest BCUT2D eigenvalue weighted by Gasteiger charge is -2.28. The van der Waals surface area contributed by atoms with Crippen molar-refractivity contribution in [2.45, 2.75) is 53.2 Å². The van der Waals surface area contributed by atoms with Crippen molar-refractivity contribution in [3.8, 4) is 0 Å². The second kappa shape index (κ2) is 7.10. The monoisotopic (exact) mass is 255 g/mol. The van der Waals surface area contributed by atoms with Gasteiger partial charge in [0, 0.05) is 13.1 Å². The van der Waals surface area contributed by atoms with Crippen LogP contribution < -0.4 is 5.32 Å². The Bertz CT molecular complexity index is 264. The summed E-state index contributed by atoms with van der Waals surface area (Å²) in [4.78, 5) is 16.5. The molecule has 106 valence electrons. The van der Waals surface area contributed by atoms with Crippen LogP contribution in [0.25, 0.3) is 0 Å². The van der Waals surface area contributed by atoms with Crippen molar-refractivity contribution >= 4 is 5.91 Å². The summed E-state index contributed by atoms with van der Waals surface area (Å²) >= 11 is 0. The highest BCUT2D eigenvalue weighted by molar-refractivity contribution is 5.83. The van der Waals surface area contributed by atoms with Crippen molar-refractivity contribution in [1.29, 1.82) is 0 Å². The fourth-order valence-electron chi connectivity index (χ4n) is 2.55. The summed E-state index contributed by atoms with van der Waals surface area (Å²) in [5.41, 5.74) is 0. The number of hydrogen-bond donors (Lipinski definition) is 1. The number of carbonyl (C=O) groups excluding carboxylic acids is 1. The smallest absolute Gasteiger partial charge is 0.240 e. The van der Waals surface area contributed by atoms with E-state index in [0.29, 0.717) is 5.92 Å². The molecule has 0 radical (unpaired) electrons. The molecule has 1 amide bonds. The van der Waals surface area contributed by atoms with E-state index in [1.807, 2.05) is 11.8 Å². The normalized spacial score (nSPS) is 24.6. The zero-order valence-electron chi connectivity index (χ0n) is 12.6. The number of rotatable bonds is 7. The maximum atomic E-state index is 12.1. The predicted molar refractivity (Wildman–Crippen MR) is 75.3 cm³/mol. The number of hydrogen-bond acceptors (Lipinski definition) is 3. The van der Waals surface area contributed by atoms with Gasteiger partial charge in [-0.3, -0.25) is 10.1 Å². The van der Waals surface area contributed by atoms with Gasteiger partial charge < -0.3 is 9.80 Å². The summed E-state index contributed by atoms with van der Waals surface area (Å²) in [5, 5.41) is 3.40. The number of carbonyl (C=O) groups is 1. The van der Waals surface area contributed by atoms with Crippen LogP contribution in [0.2, 0.25) is 0 Å². The van der Waals surface area contributed by atoms with Crippen LogP contribution in [-0.4, -0.2) is 54.1 Å². The van der Waals surface area contributed by atoms with Crippen molar-refractivity contribution < 1.29 is 4.79 Å². The van der Waals surface area contributed by atoms with Crippen LogP contribution >= 0.6 is 0 Å². The Kier molecular flexibility index (Phi) is 6.09. The molecule has 18 heavy (non-hydrogen) atoms. The molecule has 4 heteroatoms. The third kappa shape index (κ3) is 3.95. The van der Waals surface area contributed by atoms with E-state index in [1.54, 1.807) is 0 Å². The summed E-state index contributed by atoms with van der Waals surface area (Å²) in [6.45, 7) is 14.6. The summed E-state index contributed by atoms with van der Waals surface area (Å²) < 4.78 is 0. The number of nitrogens with zero attached hydrogens (tertiary/aromatic N) is 2. The van der Waals surface area contributed by atoms with Gasteiger partial charge in [0.25, 0.3) is 0 Å². The maximum absolute atomic E-state index is 12.1. The molecular weight excluding hydrogens is 226 g/mol. The first-order valence-electron chi connectivity index (χ1n) is 7.28. The van der Waals surface area contributed by atoms with E-state index in [-0.39, 0.29) is 18.1 Å². The summed E-state index contributed by atoms with van der Waals surface area (Å²) in [6.07, 6.45) is 1.26. The molecule has 1 fully saturated rings. The van der Waals surface area contributed by atoms with Crippen LogP contribution in [0.4, 0.5) is 0 Å². The van der Waals surface area contributed by atoms with Gasteiger partial charge >= 0.3 is 0 Å². The van der Waals surface area contributed by atoms with Gasteiger partial charge in [-0.2, -0.15) is 0 Å². The molecule has 1 heterocycles. The van der Waals surface area contributed by atoms with Crippen LogP contribution in [0.15, 0.2) is 0 Å². The van der Waals surface area contributed by atoms with Crippen LogP contribution in [0.5, 0.6) is 0 Å². The maximum Gasteiger partial charge on any atom is 0.240 e. The van der Waals surface area contributed by atoms with E-state index in [4.69, 9.17) is 0 Å². The highest BCUT2D eigenvalue weighted by Gasteiger charge is 2.35.